The number of benzene rings is 9. The molecule has 0 amide bonds. The molecule has 0 atom stereocenters. The molecule has 0 aliphatic heterocycles. The average molecular weight is 767 g/mol. The molecule has 0 N–H and O–H groups in total. The lowest BCUT2D eigenvalue weighted by molar-refractivity contribution is 0.661. The topological polar surface area (TPSA) is 8.17 Å². The molecule has 2 aliphatic rings. The molecular weight excluding hydrogens is 725 g/mol. The highest BCUT2D eigenvalue weighted by molar-refractivity contribution is 6.16. The van der Waals surface area contributed by atoms with E-state index in [4.69, 9.17) is 0 Å². The Morgan fingerprint density at radius 2 is 0.950 bits per heavy atom. The quantitative estimate of drug-likeness (QED) is 0.164. The highest BCUT2D eigenvalue weighted by Crippen LogP contribution is 2.59. The predicted molar refractivity (Wildman–Crippen MR) is 250 cm³/mol. The summed E-state index contributed by atoms with van der Waals surface area (Å²) in [6.07, 6.45) is 0. The number of fused-ring (bicyclic) bond motifs is 10. The first kappa shape index (κ1) is 34.6. The van der Waals surface area contributed by atoms with E-state index >= 15 is 0 Å². The fraction of sp³-hybridized carbons (Fsp3) is 0.0690. The van der Waals surface area contributed by atoms with Crippen molar-refractivity contribution < 1.29 is 0 Å². The highest BCUT2D eigenvalue weighted by atomic mass is 15.1. The third-order valence-electron chi connectivity index (χ3n) is 13.4. The van der Waals surface area contributed by atoms with Crippen LogP contribution in [0.2, 0.25) is 0 Å². The molecule has 0 unspecified atom stereocenters. The number of anilines is 3. The van der Waals surface area contributed by atoms with Crippen LogP contribution in [-0.2, 0) is 10.8 Å². The van der Waals surface area contributed by atoms with Crippen molar-refractivity contribution in [2.45, 2.75) is 24.7 Å². The molecule has 284 valence electrons. The standard InChI is InChI=1S/C58H42N2/c1-57(2)51-38-37-47-46-27-14-17-31-52(46)60(42-23-10-5-11-24-42)56(47)54(51)48-28-18-32-53(55(48)57)59(41-21-8-4-9-22-41)43-35-33-40(34-36-43)58(39-19-6-3-7-20-39)49-29-15-12-25-44(49)45-26-13-16-30-50(45)58/h3-38H,1-2H3. The number of aromatic nitrogens is 1. The summed E-state index contributed by atoms with van der Waals surface area (Å²) in [5, 5.41) is 2.55. The number of para-hydroxylation sites is 3. The lowest BCUT2D eigenvalue weighted by Gasteiger charge is -2.35. The van der Waals surface area contributed by atoms with Gasteiger partial charge in [-0.15, -0.1) is 0 Å². The first-order valence-electron chi connectivity index (χ1n) is 21.0. The first-order valence-corrected chi connectivity index (χ1v) is 21.0. The van der Waals surface area contributed by atoms with Crippen molar-refractivity contribution in [1.82, 2.24) is 4.57 Å². The number of hydrogen-bond acceptors (Lipinski definition) is 1. The lowest BCUT2D eigenvalue weighted by atomic mass is 9.67. The minimum absolute atomic E-state index is 0.283. The van der Waals surface area contributed by atoms with Crippen LogP contribution in [0.3, 0.4) is 0 Å². The van der Waals surface area contributed by atoms with Crippen LogP contribution in [-0.4, -0.2) is 4.57 Å². The summed E-state index contributed by atoms with van der Waals surface area (Å²) < 4.78 is 2.48. The van der Waals surface area contributed by atoms with E-state index < -0.39 is 5.41 Å². The van der Waals surface area contributed by atoms with Crippen LogP contribution in [0.25, 0.3) is 49.7 Å². The second kappa shape index (κ2) is 13.0. The molecule has 0 saturated heterocycles. The predicted octanol–water partition coefficient (Wildman–Crippen LogP) is 14.9. The van der Waals surface area contributed by atoms with E-state index in [9.17, 15) is 0 Å². The molecular formula is C58H42N2. The van der Waals surface area contributed by atoms with Gasteiger partial charge in [-0.3, -0.25) is 0 Å². The van der Waals surface area contributed by atoms with E-state index in [0.29, 0.717) is 0 Å². The average Bonchev–Trinajstić information content (AvgIpc) is 3.89. The molecule has 12 rings (SSSR count). The molecule has 0 fully saturated rings. The summed E-state index contributed by atoms with van der Waals surface area (Å²) in [6.45, 7) is 4.82. The zero-order valence-electron chi connectivity index (χ0n) is 33.7. The number of rotatable bonds is 6. The Hall–Kier alpha value is -7.42. The lowest BCUT2D eigenvalue weighted by Crippen LogP contribution is -2.28. The number of nitrogens with zero attached hydrogens (tertiary/aromatic N) is 2. The summed E-state index contributed by atoms with van der Waals surface area (Å²) in [6, 6.07) is 80.7. The summed E-state index contributed by atoms with van der Waals surface area (Å²) in [5.74, 6) is 0. The maximum Gasteiger partial charge on any atom is 0.0713 e. The smallest absolute Gasteiger partial charge is 0.0713 e. The Kier molecular flexibility index (Phi) is 7.52. The Bertz CT molecular complexity index is 3220. The first-order chi connectivity index (χ1) is 29.6. The van der Waals surface area contributed by atoms with Gasteiger partial charge in [-0.1, -0.05) is 184 Å². The summed E-state index contributed by atoms with van der Waals surface area (Å²) in [4.78, 5) is 2.48. The van der Waals surface area contributed by atoms with E-state index in [1.807, 2.05) is 0 Å². The molecule has 2 aliphatic carbocycles. The second-order valence-electron chi connectivity index (χ2n) is 16.8. The molecule has 10 aromatic rings. The van der Waals surface area contributed by atoms with Crippen LogP contribution in [0, 0.1) is 0 Å². The maximum atomic E-state index is 2.48. The van der Waals surface area contributed by atoms with Crippen molar-refractivity contribution in [3.05, 3.63) is 252 Å². The Morgan fingerprint density at radius 3 is 1.65 bits per heavy atom. The van der Waals surface area contributed by atoms with Gasteiger partial charge in [0.25, 0.3) is 0 Å². The molecule has 0 bridgehead atoms. The molecule has 0 spiro atoms. The summed E-state index contributed by atoms with van der Waals surface area (Å²) in [5.41, 5.74) is 19.4. The van der Waals surface area contributed by atoms with Crippen LogP contribution < -0.4 is 4.90 Å². The SMILES string of the molecule is CC1(C)c2ccc3c4ccccc4n(-c4ccccc4)c3c2-c2cccc(N(c3ccccc3)c3ccc(C4(c5ccccc5)c5ccccc5-c5ccccc54)cc3)c21. The Morgan fingerprint density at radius 1 is 0.400 bits per heavy atom. The molecule has 2 nitrogen and oxygen atoms in total. The van der Waals surface area contributed by atoms with Gasteiger partial charge in [0, 0.05) is 38.8 Å². The van der Waals surface area contributed by atoms with Crippen LogP contribution in [0.4, 0.5) is 17.1 Å². The zero-order chi connectivity index (χ0) is 40.0. The van der Waals surface area contributed by atoms with Gasteiger partial charge in [-0.05, 0) is 98.6 Å². The minimum atomic E-state index is -0.454. The fourth-order valence-electron chi connectivity index (χ4n) is 11.0. The number of hydrogen-bond donors (Lipinski definition) is 0. The van der Waals surface area contributed by atoms with Gasteiger partial charge in [-0.25, -0.2) is 0 Å². The largest absolute Gasteiger partial charge is 0.310 e. The fourth-order valence-corrected chi connectivity index (χ4v) is 11.0. The van der Waals surface area contributed by atoms with Gasteiger partial charge < -0.3 is 9.47 Å². The molecule has 1 heterocycles. The van der Waals surface area contributed by atoms with Crippen molar-refractivity contribution in [2.75, 3.05) is 4.90 Å². The third kappa shape index (κ3) is 4.70. The van der Waals surface area contributed by atoms with Crippen LogP contribution in [0.5, 0.6) is 0 Å². The molecule has 2 heteroatoms. The van der Waals surface area contributed by atoms with E-state index in [1.54, 1.807) is 0 Å². The van der Waals surface area contributed by atoms with Crippen molar-refractivity contribution in [3.63, 3.8) is 0 Å². The summed E-state index contributed by atoms with van der Waals surface area (Å²) >= 11 is 0. The van der Waals surface area contributed by atoms with Crippen molar-refractivity contribution >= 4 is 38.9 Å². The van der Waals surface area contributed by atoms with E-state index in [-0.39, 0.29) is 5.41 Å². The Balaban J connectivity index is 1.08. The molecule has 60 heavy (non-hydrogen) atoms. The van der Waals surface area contributed by atoms with Crippen LogP contribution >= 0.6 is 0 Å². The maximum absolute atomic E-state index is 2.48. The highest BCUT2D eigenvalue weighted by Gasteiger charge is 2.46. The van der Waals surface area contributed by atoms with Gasteiger partial charge in [0.1, 0.15) is 0 Å². The second-order valence-corrected chi connectivity index (χ2v) is 16.8. The molecule has 0 radical (unpaired) electrons. The molecule has 0 saturated carbocycles. The molecule has 1 aromatic heterocycles. The van der Waals surface area contributed by atoms with Gasteiger partial charge in [-0.2, -0.15) is 0 Å². The van der Waals surface area contributed by atoms with E-state index in [2.05, 4.69) is 242 Å². The van der Waals surface area contributed by atoms with Gasteiger partial charge in [0.2, 0.25) is 0 Å². The van der Waals surface area contributed by atoms with Gasteiger partial charge in [0.05, 0.1) is 22.1 Å². The zero-order valence-corrected chi connectivity index (χ0v) is 33.7. The van der Waals surface area contributed by atoms with Gasteiger partial charge >= 0.3 is 0 Å². The molecule has 9 aromatic carbocycles. The van der Waals surface area contributed by atoms with Crippen molar-refractivity contribution in [2.24, 2.45) is 0 Å². The normalized spacial score (nSPS) is 14.1. The van der Waals surface area contributed by atoms with Crippen LogP contribution in [0.15, 0.2) is 218 Å². The van der Waals surface area contributed by atoms with E-state index in [0.717, 1.165) is 11.4 Å². The van der Waals surface area contributed by atoms with Crippen molar-refractivity contribution in [1.29, 1.82) is 0 Å². The van der Waals surface area contributed by atoms with Crippen molar-refractivity contribution in [3.8, 4) is 27.9 Å². The Labute approximate surface area is 351 Å². The minimum Gasteiger partial charge on any atom is -0.310 e. The van der Waals surface area contributed by atoms with E-state index in [1.165, 1.54) is 88.8 Å². The third-order valence-corrected chi connectivity index (χ3v) is 13.4. The summed E-state index contributed by atoms with van der Waals surface area (Å²) in [7, 11) is 0. The monoisotopic (exact) mass is 766 g/mol. The van der Waals surface area contributed by atoms with Gasteiger partial charge in [0.15, 0.2) is 0 Å². The van der Waals surface area contributed by atoms with Crippen LogP contribution in [0.1, 0.15) is 47.2 Å².